The summed E-state index contributed by atoms with van der Waals surface area (Å²) in [5.74, 6) is 0. The highest BCUT2D eigenvalue weighted by atomic mass is 32.2. The van der Waals surface area contributed by atoms with Crippen molar-refractivity contribution in [2.24, 2.45) is 0 Å². The summed E-state index contributed by atoms with van der Waals surface area (Å²) in [6.45, 7) is 0. The molecule has 9 heteroatoms. The Kier molecular flexibility index (Phi) is 5.20. The molecular weight excluding hydrogens is 407 g/mol. The number of hydrogen-bond acceptors (Lipinski definition) is 4. The van der Waals surface area contributed by atoms with Crippen LogP contribution in [0.5, 0.6) is 0 Å². The van der Waals surface area contributed by atoms with E-state index in [4.69, 9.17) is 9.11 Å². The zero-order chi connectivity index (χ0) is 19.8. The van der Waals surface area contributed by atoms with E-state index >= 15 is 0 Å². The van der Waals surface area contributed by atoms with Gasteiger partial charge in [-0.25, -0.2) is 0 Å². The third-order valence-electron chi connectivity index (χ3n) is 4.00. The van der Waals surface area contributed by atoms with E-state index in [2.05, 4.69) is 9.24 Å². The first kappa shape index (κ1) is 19.7. The van der Waals surface area contributed by atoms with Crippen molar-refractivity contribution in [2.45, 2.75) is 9.79 Å². The second kappa shape index (κ2) is 7.14. The Morgan fingerprint density at radius 1 is 0.630 bits per heavy atom. The van der Waals surface area contributed by atoms with Crippen LogP contribution in [0.3, 0.4) is 0 Å². The Balaban J connectivity index is 2.13. The first-order valence-corrected chi connectivity index (χ1v) is 11.1. The molecule has 0 spiro atoms. The van der Waals surface area contributed by atoms with Crippen LogP contribution < -0.4 is 5.30 Å². The van der Waals surface area contributed by atoms with E-state index in [1.54, 1.807) is 24.3 Å². The van der Waals surface area contributed by atoms with Crippen molar-refractivity contribution < 1.29 is 25.9 Å². The minimum Gasteiger partial charge on any atom is -0.282 e. The molecule has 1 unspecified atom stereocenters. The summed E-state index contributed by atoms with van der Waals surface area (Å²) >= 11 is 0. The molecule has 0 fully saturated rings. The van der Waals surface area contributed by atoms with Gasteiger partial charge in [-0.1, -0.05) is 42.5 Å². The molecule has 0 amide bonds. The minimum absolute atomic E-state index is 0.202. The Hall–Kier alpha value is -2.09. The van der Waals surface area contributed by atoms with Crippen molar-refractivity contribution in [3.8, 4) is 22.3 Å². The van der Waals surface area contributed by atoms with Crippen LogP contribution in [0.2, 0.25) is 0 Å². The molecular formula is C18H15O6PS2. The zero-order valence-corrected chi connectivity index (χ0v) is 16.6. The van der Waals surface area contributed by atoms with Gasteiger partial charge in [0.05, 0.1) is 9.79 Å². The third-order valence-corrected chi connectivity index (χ3v) is 6.22. The molecule has 140 valence electrons. The van der Waals surface area contributed by atoms with E-state index in [-0.39, 0.29) is 9.79 Å². The van der Waals surface area contributed by atoms with Crippen LogP contribution in [-0.2, 0) is 20.2 Å². The topological polar surface area (TPSA) is 109 Å². The molecule has 3 aromatic rings. The highest BCUT2D eigenvalue weighted by Crippen LogP contribution is 2.33. The number of benzene rings is 3. The van der Waals surface area contributed by atoms with Crippen LogP contribution in [0, 0.1) is 0 Å². The van der Waals surface area contributed by atoms with Gasteiger partial charge in [-0.05, 0) is 51.8 Å². The Labute approximate surface area is 159 Å². The van der Waals surface area contributed by atoms with Crippen LogP contribution in [0.4, 0.5) is 0 Å². The second-order valence-corrected chi connectivity index (χ2v) is 9.23. The smallest absolute Gasteiger partial charge is 0.282 e. The second-order valence-electron chi connectivity index (χ2n) is 5.77. The summed E-state index contributed by atoms with van der Waals surface area (Å²) in [6.07, 6.45) is 0. The molecule has 0 radical (unpaired) electrons. The van der Waals surface area contributed by atoms with Crippen LogP contribution >= 0.6 is 9.24 Å². The molecule has 0 heterocycles. The number of hydrogen-bond donors (Lipinski definition) is 2. The number of rotatable bonds is 4. The Morgan fingerprint density at radius 2 is 1.07 bits per heavy atom. The highest BCUT2D eigenvalue weighted by molar-refractivity contribution is 7.86. The van der Waals surface area contributed by atoms with Gasteiger partial charge in [-0.3, -0.25) is 9.11 Å². The zero-order valence-electron chi connectivity index (χ0n) is 13.8. The van der Waals surface area contributed by atoms with Crippen LogP contribution in [-0.4, -0.2) is 25.9 Å². The molecule has 0 saturated heterocycles. The molecule has 1 atom stereocenters. The minimum atomic E-state index is -4.28. The van der Waals surface area contributed by atoms with Gasteiger partial charge >= 0.3 is 0 Å². The first-order valence-electron chi connectivity index (χ1n) is 7.62. The van der Waals surface area contributed by atoms with Gasteiger partial charge in [-0.15, -0.1) is 9.24 Å². The largest absolute Gasteiger partial charge is 0.294 e. The summed E-state index contributed by atoms with van der Waals surface area (Å²) in [7, 11) is -5.95. The monoisotopic (exact) mass is 422 g/mol. The summed E-state index contributed by atoms with van der Waals surface area (Å²) in [5, 5.41) is 0.853. The summed E-state index contributed by atoms with van der Waals surface area (Å²) in [6, 6.07) is 17.1. The fourth-order valence-electron chi connectivity index (χ4n) is 2.73. The van der Waals surface area contributed by atoms with Crippen LogP contribution in [0.1, 0.15) is 0 Å². The lowest BCUT2D eigenvalue weighted by molar-refractivity contribution is 0.481. The fraction of sp³-hybridized carbons (Fsp3) is 0. The van der Waals surface area contributed by atoms with Gasteiger partial charge in [0.1, 0.15) is 0 Å². The maximum Gasteiger partial charge on any atom is 0.294 e. The lowest BCUT2D eigenvalue weighted by Crippen LogP contribution is -2.02. The van der Waals surface area contributed by atoms with Gasteiger partial charge in [0, 0.05) is 0 Å². The highest BCUT2D eigenvalue weighted by Gasteiger charge is 2.14. The average Bonchev–Trinajstić information content (AvgIpc) is 2.60. The quantitative estimate of drug-likeness (QED) is 0.494. The van der Waals surface area contributed by atoms with E-state index in [0.29, 0.717) is 0 Å². The van der Waals surface area contributed by atoms with Crippen molar-refractivity contribution >= 4 is 34.8 Å². The van der Waals surface area contributed by atoms with Crippen molar-refractivity contribution in [3.63, 3.8) is 0 Å². The van der Waals surface area contributed by atoms with Gasteiger partial charge in [0.25, 0.3) is 20.2 Å². The van der Waals surface area contributed by atoms with E-state index < -0.39 is 20.2 Å². The van der Waals surface area contributed by atoms with E-state index in [1.165, 1.54) is 24.3 Å². The van der Waals surface area contributed by atoms with Gasteiger partial charge in [-0.2, -0.15) is 16.8 Å². The van der Waals surface area contributed by atoms with Gasteiger partial charge in [0.2, 0.25) is 0 Å². The SMILES string of the molecule is O=S(=O)(O)c1ccc(-c2cccc(P)c2-c2ccc(S(=O)(=O)O)cc2)cc1. The molecule has 0 saturated carbocycles. The molecule has 3 aromatic carbocycles. The molecule has 27 heavy (non-hydrogen) atoms. The molecule has 0 aliphatic carbocycles. The molecule has 0 aromatic heterocycles. The van der Waals surface area contributed by atoms with E-state index in [1.807, 2.05) is 18.2 Å². The third kappa shape index (κ3) is 4.26. The lowest BCUT2D eigenvalue weighted by Gasteiger charge is -2.14. The predicted molar refractivity (Wildman–Crippen MR) is 106 cm³/mol. The molecule has 3 rings (SSSR count). The average molecular weight is 422 g/mol. The normalized spacial score (nSPS) is 12.1. The van der Waals surface area contributed by atoms with Crippen molar-refractivity contribution in [1.82, 2.24) is 0 Å². The lowest BCUT2D eigenvalue weighted by atomic mass is 9.94. The van der Waals surface area contributed by atoms with E-state index in [9.17, 15) is 16.8 Å². The summed E-state index contributed by atoms with van der Waals surface area (Å²) in [4.78, 5) is -0.404. The van der Waals surface area contributed by atoms with Gasteiger partial charge < -0.3 is 0 Å². The van der Waals surface area contributed by atoms with Crippen LogP contribution in [0.25, 0.3) is 22.3 Å². The standard InChI is InChI=1S/C18H15O6PS2/c19-26(20,21)14-8-4-12(5-9-14)16-2-1-3-17(25)18(16)13-6-10-15(11-7-13)27(22,23)24/h1-11H,25H2,(H,19,20,21)(H,22,23,24). The molecule has 0 bridgehead atoms. The Bertz CT molecular complexity index is 1200. The fourth-order valence-corrected chi connectivity index (χ4v) is 4.13. The summed E-state index contributed by atoms with van der Waals surface area (Å²) < 4.78 is 63.1. The summed E-state index contributed by atoms with van der Waals surface area (Å²) in [5.41, 5.74) is 3.05. The predicted octanol–water partition coefficient (Wildman–Crippen LogP) is 3.01. The Morgan fingerprint density at radius 3 is 1.52 bits per heavy atom. The molecule has 6 nitrogen and oxygen atoms in total. The van der Waals surface area contributed by atoms with E-state index in [0.717, 1.165) is 27.6 Å². The van der Waals surface area contributed by atoms with Crippen molar-refractivity contribution in [1.29, 1.82) is 0 Å². The van der Waals surface area contributed by atoms with Gasteiger partial charge in [0.15, 0.2) is 0 Å². The van der Waals surface area contributed by atoms with Crippen molar-refractivity contribution in [2.75, 3.05) is 0 Å². The molecule has 0 aliphatic heterocycles. The molecule has 0 aliphatic rings. The first-order chi connectivity index (χ1) is 12.6. The maximum atomic E-state index is 11.2. The molecule has 2 N–H and O–H groups in total. The maximum absolute atomic E-state index is 11.2. The van der Waals surface area contributed by atoms with Crippen molar-refractivity contribution in [3.05, 3.63) is 66.7 Å². The van der Waals surface area contributed by atoms with Crippen LogP contribution in [0.15, 0.2) is 76.5 Å².